The van der Waals surface area contributed by atoms with Gasteiger partial charge < -0.3 is 10.5 Å². The van der Waals surface area contributed by atoms with Crippen LogP contribution >= 0.6 is 0 Å². The number of anilines is 1. The number of nitrogens with two attached hydrogens (primary N) is 1. The summed E-state index contributed by atoms with van der Waals surface area (Å²) >= 11 is 0. The van der Waals surface area contributed by atoms with Gasteiger partial charge in [0.05, 0.1) is 37.1 Å². The Balaban J connectivity index is 1.92. The molecule has 2 unspecified atom stereocenters. The van der Waals surface area contributed by atoms with E-state index < -0.39 is 0 Å². The van der Waals surface area contributed by atoms with Crippen LogP contribution in [0.15, 0.2) is 24.8 Å². The molecule has 112 valence electrons. The summed E-state index contributed by atoms with van der Waals surface area (Å²) in [6.07, 6.45) is 8.75. The zero-order chi connectivity index (χ0) is 15.2. The second kappa shape index (κ2) is 6.97. The number of nitrogens with zero attached hydrogens (tertiary/aromatic N) is 4. The van der Waals surface area contributed by atoms with Crippen LogP contribution in [0.2, 0.25) is 0 Å². The molecular weight excluding hydrogens is 266 g/mol. The van der Waals surface area contributed by atoms with Crippen molar-refractivity contribution in [3.05, 3.63) is 36.2 Å². The van der Waals surface area contributed by atoms with Gasteiger partial charge in [0, 0.05) is 12.1 Å². The Hall–Kier alpha value is -2.24. The van der Waals surface area contributed by atoms with E-state index in [0.717, 1.165) is 24.2 Å². The molecule has 6 nitrogen and oxygen atoms in total. The van der Waals surface area contributed by atoms with Crippen molar-refractivity contribution in [2.24, 2.45) is 0 Å². The summed E-state index contributed by atoms with van der Waals surface area (Å²) in [6.45, 7) is 4.28. The maximum atomic E-state index is 5.67. The van der Waals surface area contributed by atoms with Gasteiger partial charge in [0.25, 0.3) is 0 Å². The third-order valence-corrected chi connectivity index (χ3v) is 3.57. The second-order valence-corrected chi connectivity index (χ2v) is 5.23. The predicted octanol–water partition coefficient (Wildman–Crippen LogP) is 2.54. The molecule has 0 radical (unpaired) electrons. The Morgan fingerprint density at radius 1 is 1.00 bits per heavy atom. The zero-order valence-corrected chi connectivity index (χ0v) is 12.7. The minimum absolute atomic E-state index is 0.314. The van der Waals surface area contributed by atoms with Crippen LogP contribution in [-0.4, -0.2) is 27.0 Å². The zero-order valence-electron chi connectivity index (χ0n) is 12.7. The van der Waals surface area contributed by atoms with Gasteiger partial charge in [-0.25, -0.2) is 9.97 Å². The summed E-state index contributed by atoms with van der Waals surface area (Å²) in [5.74, 6) is 1.65. The van der Waals surface area contributed by atoms with Crippen molar-refractivity contribution in [2.75, 3.05) is 12.8 Å². The van der Waals surface area contributed by atoms with Gasteiger partial charge in [-0.2, -0.15) is 0 Å². The van der Waals surface area contributed by atoms with E-state index in [1.54, 1.807) is 31.9 Å². The lowest BCUT2D eigenvalue weighted by Gasteiger charge is -2.15. The van der Waals surface area contributed by atoms with Gasteiger partial charge in [0.1, 0.15) is 5.82 Å². The molecule has 2 aromatic rings. The lowest BCUT2D eigenvalue weighted by molar-refractivity contribution is 0.394. The van der Waals surface area contributed by atoms with Crippen molar-refractivity contribution in [3.8, 4) is 5.88 Å². The Bertz CT molecular complexity index is 573. The van der Waals surface area contributed by atoms with E-state index in [-0.39, 0.29) is 0 Å². The Kier molecular flexibility index (Phi) is 5.03. The lowest BCUT2D eigenvalue weighted by Crippen LogP contribution is -2.04. The van der Waals surface area contributed by atoms with Crippen molar-refractivity contribution < 1.29 is 4.74 Å². The summed E-state index contributed by atoms with van der Waals surface area (Å²) in [5, 5.41) is 0. The molecule has 2 rings (SSSR count). The number of hydrogen-bond acceptors (Lipinski definition) is 6. The van der Waals surface area contributed by atoms with Gasteiger partial charge in [0.15, 0.2) is 0 Å². The lowest BCUT2D eigenvalue weighted by atomic mass is 9.94. The van der Waals surface area contributed by atoms with E-state index in [9.17, 15) is 0 Å². The molecule has 0 amide bonds. The molecule has 0 saturated carbocycles. The Morgan fingerprint density at radius 2 is 1.71 bits per heavy atom. The van der Waals surface area contributed by atoms with E-state index >= 15 is 0 Å². The summed E-state index contributed by atoms with van der Waals surface area (Å²) in [4.78, 5) is 17.0. The second-order valence-electron chi connectivity index (χ2n) is 5.23. The van der Waals surface area contributed by atoms with Crippen molar-refractivity contribution in [3.63, 3.8) is 0 Å². The summed E-state index contributed by atoms with van der Waals surface area (Å²) in [6, 6.07) is 0. The monoisotopic (exact) mass is 287 g/mol. The van der Waals surface area contributed by atoms with Gasteiger partial charge in [-0.05, 0) is 18.8 Å². The van der Waals surface area contributed by atoms with Gasteiger partial charge in [-0.15, -0.1) is 0 Å². The molecule has 2 N–H and O–H groups in total. The molecule has 0 fully saturated rings. The summed E-state index contributed by atoms with van der Waals surface area (Å²) in [5.41, 5.74) is 7.57. The van der Waals surface area contributed by atoms with E-state index in [1.165, 1.54) is 0 Å². The molecular formula is C15H21N5O. The quantitative estimate of drug-likeness (QED) is 0.878. The van der Waals surface area contributed by atoms with E-state index in [0.29, 0.717) is 23.5 Å². The molecule has 2 aromatic heterocycles. The van der Waals surface area contributed by atoms with Crippen LogP contribution < -0.4 is 10.5 Å². The van der Waals surface area contributed by atoms with Gasteiger partial charge in [-0.3, -0.25) is 9.97 Å². The van der Waals surface area contributed by atoms with Crippen molar-refractivity contribution in [1.29, 1.82) is 0 Å². The molecule has 0 aliphatic rings. The van der Waals surface area contributed by atoms with E-state index in [2.05, 4.69) is 33.8 Å². The molecule has 2 heterocycles. The normalized spacial score (nSPS) is 13.7. The van der Waals surface area contributed by atoms with Gasteiger partial charge in [0.2, 0.25) is 5.88 Å². The fraction of sp³-hybridized carbons (Fsp3) is 0.467. The molecule has 0 aliphatic heterocycles. The van der Waals surface area contributed by atoms with Crippen LogP contribution in [0.4, 0.5) is 5.82 Å². The number of nitrogen functional groups attached to an aromatic ring is 1. The van der Waals surface area contributed by atoms with Crippen LogP contribution in [0.5, 0.6) is 5.88 Å². The molecule has 2 atom stereocenters. The first-order valence-corrected chi connectivity index (χ1v) is 7.03. The van der Waals surface area contributed by atoms with Crippen LogP contribution in [0, 0.1) is 0 Å². The van der Waals surface area contributed by atoms with Crippen molar-refractivity contribution in [1.82, 2.24) is 19.9 Å². The molecule has 0 aromatic carbocycles. The first kappa shape index (κ1) is 15.2. The molecule has 0 spiro atoms. The standard InChI is InChI=1S/C15H21N5O/c1-10(12-7-19-15(21-3)9-18-12)4-5-11(2)13-6-17-8-14(16)20-13/h6-11H,4-5H2,1-3H3,(H2,16,20). The highest BCUT2D eigenvalue weighted by Crippen LogP contribution is 2.25. The maximum absolute atomic E-state index is 5.67. The third kappa shape index (κ3) is 4.11. The summed E-state index contributed by atoms with van der Waals surface area (Å²) < 4.78 is 5.02. The van der Waals surface area contributed by atoms with Crippen LogP contribution in [0.25, 0.3) is 0 Å². The molecule has 0 bridgehead atoms. The molecule has 6 heteroatoms. The number of aromatic nitrogens is 4. The molecule has 21 heavy (non-hydrogen) atoms. The largest absolute Gasteiger partial charge is 0.480 e. The van der Waals surface area contributed by atoms with E-state index in [4.69, 9.17) is 10.5 Å². The fourth-order valence-electron chi connectivity index (χ4n) is 2.12. The summed E-state index contributed by atoms with van der Waals surface area (Å²) in [7, 11) is 1.58. The van der Waals surface area contributed by atoms with Gasteiger partial charge in [-0.1, -0.05) is 13.8 Å². The number of rotatable bonds is 6. The van der Waals surface area contributed by atoms with E-state index in [1.807, 2.05) is 0 Å². The topological polar surface area (TPSA) is 86.8 Å². The van der Waals surface area contributed by atoms with Crippen LogP contribution in [-0.2, 0) is 0 Å². The molecule has 0 saturated heterocycles. The highest BCUT2D eigenvalue weighted by molar-refractivity contribution is 5.25. The number of methoxy groups -OCH3 is 1. The minimum atomic E-state index is 0.314. The first-order valence-electron chi connectivity index (χ1n) is 7.03. The van der Waals surface area contributed by atoms with Crippen LogP contribution in [0.3, 0.4) is 0 Å². The smallest absolute Gasteiger partial charge is 0.231 e. The molecule has 0 aliphatic carbocycles. The van der Waals surface area contributed by atoms with Crippen molar-refractivity contribution >= 4 is 5.82 Å². The van der Waals surface area contributed by atoms with Crippen LogP contribution in [0.1, 0.15) is 49.9 Å². The fourth-order valence-corrected chi connectivity index (χ4v) is 2.12. The Morgan fingerprint density at radius 3 is 2.29 bits per heavy atom. The average Bonchev–Trinajstić information content (AvgIpc) is 2.52. The predicted molar refractivity (Wildman–Crippen MR) is 81.1 cm³/mol. The highest BCUT2D eigenvalue weighted by atomic mass is 16.5. The first-order chi connectivity index (χ1) is 10.1. The maximum Gasteiger partial charge on any atom is 0.231 e. The average molecular weight is 287 g/mol. The number of hydrogen-bond donors (Lipinski definition) is 1. The Labute approximate surface area is 124 Å². The number of ether oxygens (including phenoxy) is 1. The third-order valence-electron chi connectivity index (χ3n) is 3.57. The van der Waals surface area contributed by atoms with Gasteiger partial charge >= 0.3 is 0 Å². The minimum Gasteiger partial charge on any atom is -0.480 e. The SMILES string of the molecule is COc1cnc(C(C)CCC(C)c2cncc(N)n2)cn1. The highest BCUT2D eigenvalue weighted by Gasteiger charge is 2.13. The van der Waals surface area contributed by atoms with Crippen molar-refractivity contribution in [2.45, 2.75) is 38.5 Å².